The topological polar surface area (TPSA) is 55.3 Å². The fraction of sp³-hybridized carbons (Fsp3) is 0.667. The van der Waals surface area contributed by atoms with Crippen LogP contribution in [0.3, 0.4) is 0 Å². The van der Waals surface area contributed by atoms with Gasteiger partial charge >= 0.3 is 0 Å². The minimum atomic E-state index is 0.186. The highest BCUT2D eigenvalue weighted by molar-refractivity contribution is 7.99. The molecule has 116 valence electrons. The van der Waals surface area contributed by atoms with Crippen LogP contribution in [0.25, 0.3) is 0 Å². The van der Waals surface area contributed by atoms with Crippen molar-refractivity contribution in [3.05, 3.63) is 18.0 Å². The third-order valence-electron chi connectivity index (χ3n) is 3.70. The van der Waals surface area contributed by atoms with Crippen LogP contribution >= 0.6 is 11.8 Å². The Morgan fingerprint density at radius 1 is 1.52 bits per heavy atom. The number of carbonyl (C=O) groups excluding carboxylic acids is 1. The molecule has 0 aliphatic carbocycles. The lowest BCUT2D eigenvalue weighted by Crippen LogP contribution is -2.45. The molecule has 1 aromatic rings. The molecule has 2 heterocycles. The van der Waals surface area contributed by atoms with E-state index in [1.165, 1.54) is 18.2 Å². The maximum absolute atomic E-state index is 12.4. The first-order valence-electron chi connectivity index (χ1n) is 7.41. The van der Waals surface area contributed by atoms with Gasteiger partial charge in [-0.15, -0.1) is 0 Å². The molecule has 1 unspecified atom stereocenters. The second-order valence-electron chi connectivity index (χ2n) is 5.29. The van der Waals surface area contributed by atoms with Crippen molar-refractivity contribution < 1.29 is 9.53 Å². The van der Waals surface area contributed by atoms with Crippen LogP contribution in [0.15, 0.2) is 17.4 Å². The number of aromatic nitrogens is 2. The number of aryl methyl sites for hydroxylation is 1. The summed E-state index contributed by atoms with van der Waals surface area (Å²) in [4.78, 5) is 23.0. The van der Waals surface area contributed by atoms with Crippen molar-refractivity contribution in [3.63, 3.8) is 0 Å². The summed E-state index contributed by atoms with van der Waals surface area (Å²) in [5, 5.41) is 0.675. The van der Waals surface area contributed by atoms with Gasteiger partial charge < -0.3 is 9.64 Å². The summed E-state index contributed by atoms with van der Waals surface area (Å²) in [7, 11) is 1.71. The molecule has 1 amide bonds. The average molecular weight is 309 g/mol. The number of methoxy groups -OCH3 is 1. The third kappa shape index (κ3) is 4.97. The molecule has 0 aromatic carbocycles. The van der Waals surface area contributed by atoms with E-state index in [1.807, 2.05) is 17.9 Å². The van der Waals surface area contributed by atoms with Gasteiger partial charge in [-0.05, 0) is 38.7 Å². The molecule has 1 aliphatic heterocycles. The minimum absolute atomic E-state index is 0.186. The predicted octanol–water partition coefficient (Wildman–Crippen LogP) is 2.29. The Bertz CT molecular complexity index is 470. The van der Waals surface area contributed by atoms with E-state index in [1.54, 1.807) is 13.3 Å². The van der Waals surface area contributed by atoms with Gasteiger partial charge in [0.1, 0.15) is 0 Å². The quantitative estimate of drug-likeness (QED) is 0.596. The Morgan fingerprint density at radius 2 is 2.38 bits per heavy atom. The van der Waals surface area contributed by atoms with Gasteiger partial charge in [0.2, 0.25) is 5.91 Å². The third-order valence-corrected chi connectivity index (χ3v) is 4.55. The molecule has 5 nitrogen and oxygen atoms in total. The fourth-order valence-electron chi connectivity index (χ4n) is 2.59. The maximum atomic E-state index is 12.4. The van der Waals surface area contributed by atoms with Crippen LogP contribution in [-0.2, 0) is 9.53 Å². The summed E-state index contributed by atoms with van der Waals surface area (Å²) in [6.45, 7) is 3.50. The summed E-state index contributed by atoms with van der Waals surface area (Å²) >= 11 is 1.42. The Balaban J connectivity index is 1.88. The van der Waals surface area contributed by atoms with Gasteiger partial charge in [-0.1, -0.05) is 11.8 Å². The molecule has 0 radical (unpaired) electrons. The van der Waals surface area contributed by atoms with Crippen LogP contribution in [0.5, 0.6) is 0 Å². The van der Waals surface area contributed by atoms with E-state index >= 15 is 0 Å². The van der Waals surface area contributed by atoms with E-state index in [4.69, 9.17) is 4.74 Å². The van der Waals surface area contributed by atoms with Gasteiger partial charge in [0.25, 0.3) is 0 Å². The molecule has 0 N–H and O–H groups in total. The average Bonchev–Trinajstić information content (AvgIpc) is 2.51. The van der Waals surface area contributed by atoms with E-state index < -0.39 is 0 Å². The maximum Gasteiger partial charge on any atom is 0.233 e. The number of carbonyl (C=O) groups is 1. The van der Waals surface area contributed by atoms with Crippen LogP contribution < -0.4 is 0 Å². The molecule has 2 rings (SSSR count). The zero-order valence-corrected chi connectivity index (χ0v) is 13.6. The number of ether oxygens (including phenoxy) is 1. The van der Waals surface area contributed by atoms with Crippen LogP contribution in [0, 0.1) is 6.92 Å². The number of hydrogen-bond acceptors (Lipinski definition) is 5. The van der Waals surface area contributed by atoms with E-state index in [0.717, 1.165) is 31.5 Å². The first-order valence-corrected chi connectivity index (χ1v) is 8.40. The van der Waals surface area contributed by atoms with Gasteiger partial charge in [-0.2, -0.15) is 0 Å². The van der Waals surface area contributed by atoms with Crippen LogP contribution in [0.1, 0.15) is 31.4 Å². The second-order valence-corrected chi connectivity index (χ2v) is 6.23. The number of nitrogens with zero attached hydrogens (tertiary/aromatic N) is 3. The molecule has 6 heteroatoms. The first kappa shape index (κ1) is 16.2. The Hall–Kier alpha value is -1.14. The molecule has 0 saturated carbocycles. The van der Waals surface area contributed by atoms with Crippen LogP contribution in [0.2, 0.25) is 0 Å². The number of amides is 1. The van der Waals surface area contributed by atoms with Crippen molar-refractivity contribution in [2.45, 2.75) is 43.8 Å². The highest BCUT2D eigenvalue weighted by Gasteiger charge is 2.26. The lowest BCUT2D eigenvalue weighted by Gasteiger charge is -2.35. The van der Waals surface area contributed by atoms with Crippen molar-refractivity contribution >= 4 is 17.7 Å². The highest BCUT2D eigenvalue weighted by atomic mass is 32.2. The summed E-state index contributed by atoms with van der Waals surface area (Å²) < 4.78 is 5.15. The zero-order chi connectivity index (χ0) is 15.1. The van der Waals surface area contributed by atoms with Crippen molar-refractivity contribution in [1.82, 2.24) is 14.9 Å². The molecular weight excluding hydrogens is 286 g/mol. The fourth-order valence-corrected chi connectivity index (χ4v) is 3.35. The van der Waals surface area contributed by atoms with Crippen LogP contribution in [-0.4, -0.2) is 52.8 Å². The van der Waals surface area contributed by atoms with Gasteiger partial charge in [0.15, 0.2) is 5.16 Å². The molecule has 1 aliphatic rings. The lowest BCUT2D eigenvalue weighted by atomic mass is 10.00. The van der Waals surface area contributed by atoms with E-state index in [9.17, 15) is 4.79 Å². The SMILES string of the molecule is COCCC1CCCCN1C(=O)CSc1nccc(C)n1. The van der Waals surface area contributed by atoms with E-state index in [2.05, 4.69) is 9.97 Å². The molecule has 1 aromatic heterocycles. The van der Waals surface area contributed by atoms with Gasteiger partial charge in [0.05, 0.1) is 5.75 Å². The van der Waals surface area contributed by atoms with Crippen molar-refractivity contribution in [2.75, 3.05) is 26.0 Å². The molecular formula is C15H23N3O2S. The number of likely N-dealkylation sites (tertiary alicyclic amines) is 1. The highest BCUT2D eigenvalue weighted by Crippen LogP contribution is 2.22. The first-order chi connectivity index (χ1) is 10.2. The molecule has 0 bridgehead atoms. The summed E-state index contributed by atoms with van der Waals surface area (Å²) in [5.41, 5.74) is 0.927. The normalized spacial score (nSPS) is 18.8. The monoisotopic (exact) mass is 309 g/mol. The van der Waals surface area contributed by atoms with Crippen LogP contribution in [0.4, 0.5) is 0 Å². The summed E-state index contributed by atoms with van der Waals surface area (Å²) in [5.74, 6) is 0.596. The standard InChI is InChI=1S/C15H23N3O2S/c1-12-6-8-16-15(17-12)21-11-14(19)18-9-4-3-5-13(18)7-10-20-2/h6,8,13H,3-5,7,9-11H2,1-2H3. The lowest BCUT2D eigenvalue weighted by molar-refractivity contribution is -0.132. The Kier molecular flexibility index (Phi) is 6.45. The minimum Gasteiger partial charge on any atom is -0.385 e. The van der Waals surface area contributed by atoms with Gasteiger partial charge in [-0.25, -0.2) is 9.97 Å². The number of piperidine rings is 1. The van der Waals surface area contributed by atoms with Gasteiger partial charge in [0, 0.05) is 38.2 Å². The number of hydrogen-bond donors (Lipinski definition) is 0. The Labute approximate surface area is 130 Å². The number of rotatable bonds is 6. The van der Waals surface area contributed by atoms with Crippen molar-refractivity contribution in [2.24, 2.45) is 0 Å². The number of thioether (sulfide) groups is 1. The van der Waals surface area contributed by atoms with E-state index in [0.29, 0.717) is 23.6 Å². The Morgan fingerprint density at radius 3 is 3.14 bits per heavy atom. The molecule has 21 heavy (non-hydrogen) atoms. The van der Waals surface area contributed by atoms with Gasteiger partial charge in [-0.3, -0.25) is 4.79 Å². The molecule has 1 atom stereocenters. The van der Waals surface area contributed by atoms with Crippen molar-refractivity contribution in [1.29, 1.82) is 0 Å². The zero-order valence-electron chi connectivity index (χ0n) is 12.7. The second kappa shape index (κ2) is 8.34. The molecule has 0 spiro atoms. The van der Waals surface area contributed by atoms with E-state index in [-0.39, 0.29) is 5.91 Å². The molecule has 1 saturated heterocycles. The summed E-state index contributed by atoms with van der Waals surface area (Å²) in [6.07, 6.45) is 6.04. The predicted molar refractivity (Wildman–Crippen MR) is 83.3 cm³/mol. The largest absolute Gasteiger partial charge is 0.385 e. The van der Waals surface area contributed by atoms with Crippen molar-refractivity contribution in [3.8, 4) is 0 Å². The summed E-state index contributed by atoms with van der Waals surface area (Å²) in [6, 6.07) is 2.18. The smallest absolute Gasteiger partial charge is 0.233 e. The molecule has 1 fully saturated rings.